The molecule has 5 heteroatoms. The summed E-state index contributed by atoms with van der Waals surface area (Å²) in [6, 6.07) is 0. The second-order valence-electron chi connectivity index (χ2n) is 3.03. The van der Waals surface area contributed by atoms with Crippen LogP contribution in [0.3, 0.4) is 0 Å². The van der Waals surface area contributed by atoms with Crippen LogP contribution in [-0.4, -0.2) is 28.4 Å². The van der Waals surface area contributed by atoms with Gasteiger partial charge >= 0.3 is 0 Å². The van der Waals surface area contributed by atoms with Crippen LogP contribution in [0.25, 0.3) is 0 Å². The standard InChI is InChI=1S/C8H9Cl2N3/c9-6-1-2-13(5-6)8-11-3-7(10)4-12-8/h3-4,6H,1-2,5H2. The second-order valence-corrected chi connectivity index (χ2v) is 4.09. The maximum absolute atomic E-state index is 5.96. The van der Waals surface area contributed by atoms with Gasteiger partial charge in [-0.1, -0.05) is 11.6 Å². The van der Waals surface area contributed by atoms with Gasteiger partial charge in [0.05, 0.1) is 22.8 Å². The summed E-state index contributed by atoms with van der Waals surface area (Å²) < 4.78 is 0. The molecule has 0 aliphatic carbocycles. The monoisotopic (exact) mass is 217 g/mol. The van der Waals surface area contributed by atoms with Crippen molar-refractivity contribution in [2.75, 3.05) is 18.0 Å². The van der Waals surface area contributed by atoms with E-state index in [-0.39, 0.29) is 5.38 Å². The molecular weight excluding hydrogens is 209 g/mol. The Morgan fingerprint density at radius 2 is 2.08 bits per heavy atom. The highest BCUT2D eigenvalue weighted by Crippen LogP contribution is 2.19. The van der Waals surface area contributed by atoms with E-state index in [0.29, 0.717) is 11.0 Å². The number of hydrogen-bond donors (Lipinski definition) is 0. The van der Waals surface area contributed by atoms with E-state index in [9.17, 15) is 0 Å². The molecule has 0 N–H and O–H groups in total. The first-order valence-corrected chi connectivity index (χ1v) is 4.94. The molecule has 0 bridgehead atoms. The van der Waals surface area contributed by atoms with Gasteiger partial charge in [-0.05, 0) is 6.42 Å². The topological polar surface area (TPSA) is 29.0 Å². The molecular formula is C8H9Cl2N3. The van der Waals surface area contributed by atoms with Gasteiger partial charge in [-0.2, -0.15) is 0 Å². The SMILES string of the molecule is Clc1cnc(N2CCC(Cl)C2)nc1. The summed E-state index contributed by atoms with van der Waals surface area (Å²) in [7, 11) is 0. The quantitative estimate of drug-likeness (QED) is 0.674. The van der Waals surface area contributed by atoms with Crippen molar-refractivity contribution in [1.29, 1.82) is 0 Å². The number of nitrogens with zero attached hydrogens (tertiary/aromatic N) is 3. The number of hydrogen-bond acceptors (Lipinski definition) is 3. The molecule has 3 nitrogen and oxygen atoms in total. The minimum Gasteiger partial charge on any atom is -0.339 e. The maximum atomic E-state index is 5.96. The van der Waals surface area contributed by atoms with Crippen molar-refractivity contribution in [3.63, 3.8) is 0 Å². The number of rotatable bonds is 1. The molecule has 1 fully saturated rings. The van der Waals surface area contributed by atoms with Gasteiger partial charge in [0, 0.05) is 13.1 Å². The Morgan fingerprint density at radius 1 is 1.38 bits per heavy atom. The van der Waals surface area contributed by atoms with Crippen LogP contribution < -0.4 is 4.90 Å². The number of halogens is 2. The van der Waals surface area contributed by atoms with Gasteiger partial charge in [0.15, 0.2) is 0 Å². The van der Waals surface area contributed by atoms with Gasteiger partial charge < -0.3 is 4.90 Å². The van der Waals surface area contributed by atoms with Gasteiger partial charge in [0.1, 0.15) is 0 Å². The van der Waals surface area contributed by atoms with E-state index in [4.69, 9.17) is 23.2 Å². The fourth-order valence-electron chi connectivity index (χ4n) is 1.37. The minimum absolute atomic E-state index is 0.222. The highest BCUT2D eigenvalue weighted by atomic mass is 35.5. The first-order valence-electron chi connectivity index (χ1n) is 4.12. The fraction of sp³-hybridized carbons (Fsp3) is 0.500. The van der Waals surface area contributed by atoms with Crippen molar-refractivity contribution in [1.82, 2.24) is 9.97 Å². The molecule has 1 aliphatic rings. The zero-order valence-corrected chi connectivity index (χ0v) is 8.46. The molecule has 1 saturated heterocycles. The zero-order valence-electron chi connectivity index (χ0n) is 6.95. The molecule has 0 amide bonds. The van der Waals surface area contributed by atoms with Crippen LogP contribution >= 0.6 is 23.2 Å². The second kappa shape index (κ2) is 3.68. The van der Waals surface area contributed by atoms with Gasteiger partial charge in [0.25, 0.3) is 0 Å². The van der Waals surface area contributed by atoms with Crippen LogP contribution in [-0.2, 0) is 0 Å². The molecule has 0 saturated carbocycles. The molecule has 1 aliphatic heterocycles. The summed E-state index contributed by atoms with van der Waals surface area (Å²) >= 11 is 11.6. The summed E-state index contributed by atoms with van der Waals surface area (Å²) in [5.41, 5.74) is 0. The number of aromatic nitrogens is 2. The lowest BCUT2D eigenvalue weighted by atomic mass is 10.4. The van der Waals surface area contributed by atoms with Gasteiger partial charge in [-0.25, -0.2) is 9.97 Å². The zero-order chi connectivity index (χ0) is 9.26. The van der Waals surface area contributed by atoms with E-state index in [1.54, 1.807) is 12.4 Å². The highest BCUT2D eigenvalue weighted by molar-refractivity contribution is 6.30. The Kier molecular flexibility index (Phi) is 2.56. The lowest BCUT2D eigenvalue weighted by Crippen LogP contribution is -2.21. The van der Waals surface area contributed by atoms with Gasteiger partial charge in [-0.15, -0.1) is 11.6 Å². The molecule has 1 unspecified atom stereocenters. The van der Waals surface area contributed by atoms with E-state index in [1.807, 2.05) is 0 Å². The Morgan fingerprint density at radius 3 is 2.62 bits per heavy atom. The predicted octanol–water partition coefficient (Wildman–Crippen LogP) is 1.95. The normalized spacial score (nSPS) is 22.3. The van der Waals surface area contributed by atoms with Crippen LogP contribution in [0.5, 0.6) is 0 Å². The lowest BCUT2D eigenvalue weighted by molar-refractivity contribution is 0.899. The average molecular weight is 218 g/mol. The highest BCUT2D eigenvalue weighted by Gasteiger charge is 2.21. The van der Waals surface area contributed by atoms with Gasteiger partial charge in [0.2, 0.25) is 5.95 Å². The Bertz CT molecular complexity index is 288. The number of anilines is 1. The van der Waals surface area contributed by atoms with E-state index in [1.165, 1.54) is 0 Å². The molecule has 0 radical (unpaired) electrons. The summed E-state index contributed by atoms with van der Waals surface area (Å²) in [5, 5.41) is 0.782. The molecule has 70 valence electrons. The smallest absolute Gasteiger partial charge is 0.225 e. The first kappa shape index (κ1) is 9.03. The molecule has 2 heterocycles. The first-order chi connectivity index (χ1) is 6.25. The van der Waals surface area contributed by atoms with Crippen LogP contribution in [0.15, 0.2) is 12.4 Å². The van der Waals surface area contributed by atoms with Gasteiger partial charge in [-0.3, -0.25) is 0 Å². The Balaban J connectivity index is 2.13. The van der Waals surface area contributed by atoms with Crippen molar-refractivity contribution in [2.45, 2.75) is 11.8 Å². The molecule has 13 heavy (non-hydrogen) atoms. The van der Waals surface area contributed by atoms with Crippen molar-refractivity contribution in [3.05, 3.63) is 17.4 Å². The van der Waals surface area contributed by atoms with Crippen molar-refractivity contribution in [2.24, 2.45) is 0 Å². The number of alkyl halides is 1. The van der Waals surface area contributed by atoms with Crippen LogP contribution in [0.2, 0.25) is 5.02 Å². The maximum Gasteiger partial charge on any atom is 0.225 e. The van der Waals surface area contributed by atoms with Crippen molar-refractivity contribution < 1.29 is 0 Å². The van der Waals surface area contributed by atoms with Crippen molar-refractivity contribution in [3.8, 4) is 0 Å². The Hall–Kier alpha value is -0.540. The molecule has 1 aromatic rings. The third kappa shape index (κ3) is 2.03. The van der Waals surface area contributed by atoms with E-state index in [2.05, 4.69) is 14.9 Å². The molecule has 1 atom stereocenters. The minimum atomic E-state index is 0.222. The largest absolute Gasteiger partial charge is 0.339 e. The molecule has 0 aromatic carbocycles. The molecule has 1 aromatic heterocycles. The van der Waals surface area contributed by atoms with E-state index < -0.39 is 0 Å². The Labute approximate surface area is 86.7 Å². The third-order valence-electron chi connectivity index (χ3n) is 2.02. The average Bonchev–Trinajstić information content (AvgIpc) is 2.53. The molecule has 0 spiro atoms. The van der Waals surface area contributed by atoms with E-state index >= 15 is 0 Å². The lowest BCUT2D eigenvalue weighted by Gasteiger charge is -2.14. The molecule has 2 rings (SSSR count). The van der Waals surface area contributed by atoms with Crippen LogP contribution in [0.1, 0.15) is 6.42 Å². The summed E-state index contributed by atoms with van der Waals surface area (Å²) in [6.07, 6.45) is 4.20. The predicted molar refractivity (Wildman–Crippen MR) is 53.5 cm³/mol. The van der Waals surface area contributed by atoms with Crippen molar-refractivity contribution >= 4 is 29.2 Å². The summed E-state index contributed by atoms with van der Waals surface area (Å²) in [6.45, 7) is 1.75. The van der Waals surface area contributed by atoms with Crippen LogP contribution in [0, 0.1) is 0 Å². The van der Waals surface area contributed by atoms with E-state index in [0.717, 1.165) is 19.5 Å². The third-order valence-corrected chi connectivity index (χ3v) is 2.57. The van der Waals surface area contributed by atoms with Crippen LogP contribution in [0.4, 0.5) is 5.95 Å². The summed E-state index contributed by atoms with van der Waals surface area (Å²) in [4.78, 5) is 10.3. The fourth-order valence-corrected chi connectivity index (χ4v) is 1.73. The summed E-state index contributed by atoms with van der Waals surface area (Å²) in [5.74, 6) is 0.715.